The Labute approximate surface area is 336 Å². The molecule has 2 aromatic heterocycles. The number of nitrogens with one attached hydrogen (secondary N) is 4. The largest absolute Gasteiger partial charge is 0.453 e. The number of alkyl carbamates (subject to hydrolysis) is 2. The van der Waals surface area contributed by atoms with Gasteiger partial charge in [0.05, 0.1) is 48.4 Å². The number of likely N-dealkylation sites (tertiary alicyclic amines) is 2. The molecule has 0 unspecified atom stereocenters. The number of carbonyl (C=O) groups is 4. The predicted molar refractivity (Wildman–Crippen MR) is 217 cm³/mol. The van der Waals surface area contributed by atoms with E-state index in [4.69, 9.17) is 19.4 Å². The highest BCUT2D eigenvalue weighted by atomic mass is 16.5. The number of hydrogen-bond acceptors (Lipinski definition) is 8. The van der Waals surface area contributed by atoms with Crippen LogP contribution in [-0.2, 0) is 19.1 Å². The summed E-state index contributed by atoms with van der Waals surface area (Å²) in [7, 11) is 2.61. The number of ether oxygens (including phenoxy) is 2. The molecule has 4 N–H and O–H groups in total. The molecule has 4 aliphatic rings. The first-order valence-electron chi connectivity index (χ1n) is 20.4. The number of piperidine rings is 2. The molecule has 8 atom stereocenters. The van der Waals surface area contributed by atoms with Crippen molar-refractivity contribution in [2.75, 3.05) is 14.2 Å². The first kappa shape index (κ1) is 37.6. The SMILES string of the molecule is COC(=O)N[C@H](C(=O)N1[C@@H]2C[C@@H]2C[C@H]1c1nc2ccc(-c3ccc(-c4ccc5nc([C@@H]6C[C@H]7C[C@H]7N6C(=O)[C@@H](NC(=O)OC)C(C)C)[nH]c5c4)cc3)cc2[nH]1)C(C)C. The zero-order valence-corrected chi connectivity index (χ0v) is 33.6. The van der Waals surface area contributed by atoms with Crippen LogP contribution in [0, 0.1) is 23.7 Å². The summed E-state index contributed by atoms with van der Waals surface area (Å²) in [4.78, 5) is 72.7. The number of aromatic amines is 2. The van der Waals surface area contributed by atoms with E-state index in [0.717, 1.165) is 81.7 Å². The standard InChI is InChI=1S/C44H50N8O6/c1-21(2)37(49-43(55)57-5)41(53)51-33-17-27(33)19-35(51)39-45-29-13-11-25(15-31(29)47-39)23-7-9-24(10-8-23)26-12-14-30-32(16-26)48-40(46-30)36-20-28-18-34(28)52(36)42(54)38(22(3)4)50-44(56)58-6/h7-16,21-22,27-28,33-38H,17-20H2,1-6H3,(H,45,47)(H,46,48)(H,49,55)(H,50,56)/t27-,28-,33-,34-,35+,36+,37+,38+/m1/s1. The van der Waals surface area contributed by atoms with E-state index in [1.54, 1.807) is 0 Å². The lowest BCUT2D eigenvalue weighted by Gasteiger charge is -2.31. The Morgan fingerprint density at radius 3 is 1.34 bits per heavy atom. The van der Waals surface area contributed by atoms with Crippen molar-refractivity contribution in [3.05, 3.63) is 72.3 Å². The minimum Gasteiger partial charge on any atom is -0.453 e. The second-order valence-electron chi connectivity index (χ2n) is 17.1. The summed E-state index contributed by atoms with van der Waals surface area (Å²) in [6.07, 6.45) is 2.41. The average Bonchev–Trinajstić information content (AvgIpc) is 3.88. The lowest BCUT2D eigenvalue weighted by molar-refractivity contribution is -0.137. The molecule has 4 amide bonds. The Bertz CT molecular complexity index is 2250. The number of benzene rings is 3. The van der Waals surface area contributed by atoms with Crippen molar-refractivity contribution in [1.82, 2.24) is 40.4 Å². The van der Waals surface area contributed by atoms with Gasteiger partial charge in [-0.15, -0.1) is 0 Å². The van der Waals surface area contributed by atoms with Crippen LogP contribution >= 0.6 is 0 Å². The van der Waals surface area contributed by atoms with E-state index in [9.17, 15) is 19.2 Å². The molecule has 2 saturated carbocycles. The van der Waals surface area contributed by atoms with Crippen molar-refractivity contribution < 1.29 is 28.7 Å². The molecule has 9 rings (SSSR count). The molecule has 5 aromatic rings. The number of fused-ring (bicyclic) bond motifs is 4. The van der Waals surface area contributed by atoms with Crippen molar-refractivity contribution in [1.29, 1.82) is 0 Å². The van der Waals surface area contributed by atoms with Crippen molar-refractivity contribution in [2.24, 2.45) is 23.7 Å². The molecule has 0 spiro atoms. The smallest absolute Gasteiger partial charge is 0.407 e. The summed E-state index contributed by atoms with van der Waals surface area (Å²) >= 11 is 0. The van der Waals surface area contributed by atoms with Crippen molar-refractivity contribution in [3.8, 4) is 22.3 Å². The fourth-order valence-electron chi connectivity index (χ4n) is 9.34. The molecular formula is C44H50N8O6. The molecule has 2 aliphatic carbocycles. The third kappa shape index (κ3) is 6.71. The number of amides is 4. The van der Waals surface area contributed by atoms with Gasteiger partial charge >= 0.3 is 12.2 Å². The van der Waals surface area contributed by atoms with Crippen LogP contribution in [0.5, 0.6) is 0 Å². The Morgan fingerprint density at radius 2 is 0.983 bits per heavy atom. The summed E-state index contributed by atoms with van der Waals surface area (Å²) in [5.74, 6) is 2.01. The number of aromatic nitrogens is 4. The Morgan fingerprint density at radius 1 is 0.603 bits per heavy atom. The van der Waals surface area contributed by atoms with Crippen LogP contribution < -0.4 is 10.6 Å². The van der Waals surface area contributed by atoms with E-state index >= 15 is 0 Å². The summed E-state index contributed by atoms with van der Waals surface area (Å²) in [5.41, 5.74) is 7.68. The van der Waals surface area contributed by atoms with Gasteiger partial charge in [0.1, 0.15) is 23.7 Å². The molecule has 4 fully saturated rings. The summed E-state index contributed by atoms with van der Waals surface area (Å²) in [5, 5.41) is 5.49. The molecule has 14 nitrogen and oxygen atoms in total. The Hall–Kier alpha value is -5.92. The van der Waals surface area contributed by atoms with Crippen molar-refractivity contribution >= 4 is 46.1 Å². The van der Waals surface area contributed by atoms with Crippen LogP contribution in [-0.4, -0.2) is 92.1 Å². The molecule has 4 heterocycles. The monoisotopic (exact) mass is 786 g/mol. The number of nitrogens with zero attached hydrogens (tertiary/aromatic N) is 4. The molecule has 2 saturated heterocycles. The fourth-order valence-corrected chi connectivity index (χ4v) is 9.34. The minimum atomic E-state index is -0.681. The number of hydrogen-bond donors (Lipinski definition) is 4. The molecule has 0 bridgehead atoms. The predicted octanol–water partition coefficient (Wildman–Crippen LogP) is 6.86. The summed E-state index contributed by atoms with van der Waals surface area (Å²) in [6, 6.07) is 19.4. The maximum atomic E-state index is 13.9. The number of carbonyl (C=O) groups excluding carboxylic acids is 4. The summed E-state index contributed by atoms with van der Waals surface area (Å²) in [6.45, 7) is 7.69. The molecule has 302 valence electrons. The van der Waals surface area contributed by atoms with Crippen LogP contribution in [0.3, 0.4) is 0 Å². The van der Waals surface area contributed by atoms with Crippen LogP contribution in [0.15, 0.2) is 60.7 Å². The highest BCUT2D eigenvalue weighted by Gasteiger charge is 2.57. The van der Waals surface area contributed by atoms with Gasteiger partial charge in [0.25, 0.3) is 0 Å². The van der Waals surface area contributed by atoms with Gasteiger partial charge in [0.2, 0.25) is 11.8 Å². The fraction of sp³-hybridized carbons (Fsp3) is 0.455. The third-order valence-corrected chi connectivity index (χ3v) is 12.7. The molecule has 58 heavy (non-hydrogen) atoms. The lowest BCUT2D eigenvalue weighted by atomic mass is 10.00. The van der Waals surface area contributed by atoms with Crippen LogP contribution in [0.4, 0.5) is 9.59 Å². The second kappa shape index (κ2) is 14.5. The van der Waals surface area contributed by atoms with E-state index in [2.05, 4.69) is 69.1 Å². The number of H-pyrrole nitrogens is 2. The topological polar surface area (TPSA) is 175 Å². The van der Waals surface area contributed by atoms with Gasteiger partial charge in [-0.1, -0.05) is 64.1 Å². The van der Waals surface area contributed by atoms with E-state index in [0.29, 0.717) is 11.8 Å². The molecule has 2 aliphatic heterocycles. The minimum absolute atomic E-state index is 0.0985. The zero-order valence-electron chi connectivity index (χ0n) is 33.6. The maximum Gasteiger partial charge on any atom is 0.407 e. The van der Waals surface area contributed by atoms with Gasteiger partial charge < -0.3 is 39.9 Å². The van der Waals surface area contributed by atoms with Crippen LogP contribution in [0.2, 0.25) is 0 Å². The normalized spacial score (nSPS) is 24.1. The Balaban J connectivity index is 0.916. The molecule has 0 radical (unpaired) electrons. The number of methoxy groups -OCH3 is 2. The van der Waals surface area contributed by atoms with Gasteiger partial charge in [-0.05, 0) is 95.9 Å². The van der Waals surface area contributed by atoms with Gasteiger partial charge in [0.15, 0.2) is 0 Å². The van der Waals surface area contributed by atoms with Gasteiger partial charge in [-0.25, -0.2) is 19.6 Å². The summed E-state index contributed by atoms with van der Waals surface area (Å²) < 4.78 is 9.62. The van der Waals surface area contributed by atoms with Gasteiger partial charge in [-0.3, -0.25) is 9.59 Å². The quantitative estimate of drug-likeness (QED) is 0.119. The average molecular weight is 787 g/mol. The van der Waals surface area contributed by atoms with Crippen molar-refractivity contribution in [2.45, 2.75) is 89.6 Å². The first-order chi connectivity index (χ1) is 27.9. The van der Waals surface area contributed by atoms with E-state index < -0.39 is 24.3 Å². The van der Waals surface area contributed by atoms with Crippen LogP contribution in [0.1, 0.15) is 77.1 Å². The molecule has 3 aromatic carbocycles. The maximum absolute atomic E-state index is 13.9. The van der Waals surface area contributed by atoms with E-state index in [-0.39, 0.29) is 47.8 Å². The molecular weight excluding hydrogens is 737 g/mol. The number of imidazole rings is 2. The van der Waals surface area contributed by atoms with Crippen molar-refractivity contribution in [3.63, 3.8) is 0 Å². The van der Waals surface area contributed by atoms with Crippen LogP contribution in [0.25, 0.3) is 44.3 Å². The second-order valence-corrected chi connectivity index (χ2v) is 17.1. The lowest BCUT2D eigenvalue weighted by Crippen LogP contribution is -2.52. The highest BCUT2D eigenvalue weighted by molar-refractivity contribution is 5.89. The Kier molecular flexibility index (Phi) is 9.39. The van der Waals surface area contributed by atoms with E-state index in [1.165, 1.54) is 14.2 Å². The number of rotatable bonds is 10. The van der Waals surface area contributed by atoms with Gasteiger partial charge in [-0.2, -0.15) is 0 Å². The van der Waals surface area contributed by atoms with E-state index in [1.807, 2.05) is 49.6 Å². The third-order valence-electron chi connectivity index (χ3n) is 12.7. The highest BCUT2D eigenvalue weighted by Crippen LogP contribution is 2.54. The molecule has 14 heteroatoms. The first-order valence-corrected chi connectivity index (χ1v) is 20.4. The zero-order chi connectivity index (χ0) is 40.6. The van der Waals surface area contributed by atoms with Gasteiger partial charge in [0, 0.05) is 12.1 Å².